The minimum Gasteiger partial charge on any atom is -0.337 e. The maximum Gasteiger partial charge on any atom is 0.219 e. The van der Waals surface area contributed by atoms with E-state index in [0.29, 0.717) is 12.6 Å². The van der Waals surface area contributed by atoms with Gasteiger partial charge in [0.2, 0.25) is 5.91 Å². The van der Waals surface area contributed by atoms with Crippen LogP contribution in [0.25, 0.3) is 0 Å². The summed E-state index contributed by atoms with van der Waals surface area (Å²) in [5, 5.41) is 0. The highest BCUT2D eigenvalue weighted by atomic mass is 16.2. The number of amides is 1. The molecule has 1 aromatic heterocycles. The zero-order valence-corrected chi connectivity index (χ0v) is 11.9. The van der Waals surface area contributed by atoms with E-state index in [1.807, 2.05) is 17.0 Å². The van der Waals surface area contributed by atoms with E-state index in [-0.39, 0.29) is 5.91 Å². The van der Waals surface area contributed by atoms with Crippen LogP contribution in [0.3, 0.4) is 0 Å². The number of hydrogen-bond donors (Lipinski definition) is 0. The number of likely N-dealkylation sites (tertiary alicyclic amines) is 1. The van der Waals surface area contributed by atoms with Gasteiger partial charge in [-0.05, 0) is 43.6 Å². The zero-order chi connectivity index (χ0) is 13.7. The second-order valence-electron chi connectivity index (χ2n) is 5.18. The Bertz CT molecular complexity index is 407. The zero-order valence-electron chi connectivity index (χ0n) is 11.9. The molecule has 1 saturated heterocycles. The molecule has 0 aliphatic carbocycles. The van der Waals surface area contributed by atoms with E-state index in [1.54, 1.807) is 19.3 Å². The topological polar surface area (TPSA) is 36.4 Å². The van der Waals surface area contributed by atoms with Crippen LogP contribution >= 0.6 is 0 Å². The second-order valence-corrected chi connectivity index (χ2v) is 5.18. The van der Waals surface area contributed by atoms with Gasteiger partial charge in [0.25, 0.3) is 0 Å². The predicted molar refractivity (Wildman–Crippen MR) is 75.6 cm³/mol. The molecule has 104 valence electrons. The summed E-state index contributed by atoms with van der Waals surface area (Å²) >= 11 is 0. The quantitative estimate of drug-likeness (QED) is 0.812. The highest BCUT2D eigenvalue weighted by Gasteiger charge is 2.25. The van der Waals surface area contributed by atoms with Crippen LogP contribution in [0.1, 0.15) is 32.3 Å². The summed E-state index contributed by atoms with van der Waals surface area (Å²) in [6, 6.07) is 4.47. The Morgan fingerprint density at radius 2 is 2.21 bits per heavy atom. The van der Waals surface area contributed by atoms with Gasteiger partial charge in [-0.2, -0.15) is 0 Å². The minimum absolute atomic E-state index is 0.153. The monoisotopic (exact) mass is 261 g/mol. The van der Waals surface area contributed by atoms with Crippen molar-refractivity contribution in [2.75, 3.05) is 19.6 Å². The van der Waals surface area contributed by atoms with Crippen molar-refractivity contribution < 1.29 is 4.79 Å². The molecule has 1 amide bonds. The van der Waals surface area contributed by atoms with Crippen molar-refractivity contribution in [2.45, 2.75) is 39.3 Å². The average molecular weight is 261 g/mol. The summed E-state index contributed by atoms with van der Waals surface area (Å²) in [4.78, 5) is 20.3. The van der Waals surface area contributed by atoms with Crippen molar-refractivity contribution >= 4 is 5.91 Å². The Morgan fingerprint density at radius 1 is 1.47 bits per heavy atom. The molecular weight excluding hydrogens is 238 g/mol. The Kier molecular flexibility index (Phi) is 4.91. The van der Waals surface area contributed by atoms with Crippen LogP contribution in [0.5, 0.6) is 0 Å². The molecular formula is C15H23N3O. The summed E-state index contributed by atoms with van der Waals surface area (Å²) in [5.74, 6) is 0.153. The molecule has 0 radical (unpaired) electrons. The maximum atomic E-state index is 11.8. The predicted octanol–water partition coefficient (Wildman–Crippen LogP) is 1.91. The van der Waals surface area contributed by atoms with Crippen molar-refractivity contribution in [1.82, 2.24) is 14.8 Å². The molecule has 4 heteroatoms. The molecule has 1 aromatic rings. The summed E-state index contributed by atoms with van der Waals surface area (Å²) in [6.07, 6.45) is 6.01. The Balaban J connectivity index is 1.98. The van der Waals surface area contributed by atoms with Crippen LogP contribution in [0, 0.1) is 0 Å². The van der Waals surface area contributed by atoms with Crippen molar-refractivity contribution in [3.63, 3.8) is 0 Å². The third kappa shape index (κ3) is 3.77. The Hall–Kier alpha value is -1.42. The number of pyridine rings is 1. The summed E-state index contributed by atoms with van der Waals surface area (Å²) in [5.41, 5.74) is 1.14. The SMILES string of the molecule is CCN1CCCC1CN(Cc1ccncc1)C(C)=O. The number of carbonyl (C=O) groups excluding carboxylic acids is 1. The van der Waals surface area contributed by atoms with Gasteiger partial charge >= 0.3 is 0 Å². The minimum atomic E-state index is 0.153. The number of aromatic nitrogens is 1. The number of rotatable bonds is 5. The Morgan fingerprint density at radius 3 is 2.84 bits per heavy atom. The van der Waals surface area contributed by atoms with Crippen molar-refractivity contribution in [3.05, 3.63) is 30.1 Å². The van der Waals surface area contributed by atoms with Crippen LogP contribution < -0.4 is 0 Å². The van der Waals surface area contributed by atoms with Crippen LogP contribution in [0.2, 0.25) is 0 Å². The van der Waals surface area contributed by atoms with Crippen LogP contribution in [0.15, 0.2) is 24.5 Å². The van der Waals surface area contributed by atoms with E-state index in [1.165, 1.54) is 19.4 Å². The molecule has 1 aliphatic rings. The standard InChI is InChI=1S/C15H23N3O/c1-3-17-10-4-5-15(17)12-18(13(2)19)11-14-6-8-16-9-7-14/h6-9,15H,3-5,10-12H2,1-2H3. The Labute approximate surface area is 115 Å². The fourth-order valence-electron chi connectivity index (χ4n) is 2.79. The lowest BCUT2D eigenvalue weighted by Gasteiger charge is -2.29. The molecule has 1 fully saturated rings. The number of likely N-dealkylation sites (N-methyl/N-ethyl adjacent to an activating group) is 1. The maximum absolute atomic E-state index is 11.8. The molecule has 0 spiro atoms. The van der Waals surface area contributed by atoms with Gasteiger partial charge in [0.1, 0.15) is 0 Å². The van der Waals surface area contributed by atoms with E-state index >= 15 is 0 Å². The van der Waals surface area contributed by atoms with E-state index in [4.69, 9.17) is 0 Å². The lowest BCUT2D eigenvalue weighted by Crippen LogP contribution is -2.41. The first-order valence-electron chi connectivity index (χ1n) is 7.09. The van der Waals surface area contributed by atoms with Gasteiger partial charge in [-0.1, -0.05) is 6.92 Å². The van der Waals surface area contributed by atoms with Gasteiger partial charge in [-0.15, -0.1) is 0 Å². The highest BCUT2D eigenvalue weighted by Crippen LogP contribution is 2.18. The highest BCUT2D eigenvalue weighted by molar-refractivity contribution is 5.73. The first kappa shape index (κ1) is 14.0. The lowest BCUT2D eigenvalue weighted by atomic mass is 10.2. The first-order chi connectivity index (χ1) is 9.20. The normalized spacial score (nSPS) is 19.6. The third-order valence-electron chi connectivity index (χ3n) is 3.90. The molecule has 0 N–H and O–H groups in total. The summed E-state index contributed by atoms with van der Waals surface area (Å²) in [6.45, 7) is 7.62. The molecule has 0 aromatic carbocycles. The van der Waals surface area contributed by atoms with E-state index in [0.717, 1.165) is 18.7 Å². The summed E-state index contributed by atoms with van der Waals surface area (Å²) in [7, 11) is 0. The van der Waals surface area contributed by atoms with Crippen molar-refractivity contribution in [2.24, 2.45) is 0 Å². The molecule has 1 atom stereocenters. The van der Waals surface area contributed by atoms with E-state index in [2.05, 4.69) is 16.8 Å². The molecule has 19 heavy (non-hydrogen) atoms. The van der Waals surface area contributed by atoms with E-state index < -0.39 is 0 Å². The number of carbonyl (C=O) groups is 1. The molecule has 0 saturated carbocycles. The largest absolute Gasteiger partial charge is 0.337 e. The smallest absolute Gasteiger partial charge is 0.219 e. The van der Waals surface area contributed by atoms with Gasteiger partial charge in [0.05, 0.1) is 0 Å². The van der Waals surface area contributed by atoms with Gasteiger partial charge in [-0.25, -0.2) is 0 Å². The van der Waals surface area contributed by atoms with Gasteiger partial charge < -0.3 is 4.90 Å². The number of hydrogen-bond acceptors (Lipinski definition) is 3. The van der Waals surface area contributed by atoms with Gasteiger partial charge in [0.15, 0.2) is 0 Å². The molecule has 1 aliphatic heterocycles. The van der Waals surface area contributed by atoms with Crippen molar-refractivity contribution in [3.8, 4) is 0 Å². The fourth-order valence-corrected chi connectivity index (χ4v) is 2.79. The number of nitrogens with zero attached hydrogens (tertiary/aromatic N) is 3. The van der Waals surface area contributed by atoms with Crippen molar-refractivity contribution in [1.29, 1.82) is 0 Å². The van der Waals surface area contributed by atoms with E-state index in [9.17, 15) is 4.79 Å². The van der Waals surface area contributed by atoms with Gasteiger partial charge in [-0.3, -0.25) is 14.7 Å². The summed E-state index contributed by atoms with van der Waals surface area (Å²) < 4.78 is 0. The van der Waals surface area contributed by atoms with Gasteiger partial charge in [0, 0.05) is 38.4 Å². The molecule has 0 bridgehead atoms. The molecule has 2 heterocycles. The second kappa shape index (κ2) is 6.66. The molecule has 4 nitrogen and oxygen atoms in total. The average Bonchev–Trinajstić information content (AvgIpc) is 2.86. The van der Waals surface area contributed by atoms with Crippen LogP contribution in [-0.2, 0) is 11.3 Å². The fraction of sp³-hybridized carbons (Fsp3) is 0.600. The third-order valence-corrected chi connectivity index (χ3v) is 3.90. The molecule has 1 unspecified atom stereocenters. The first-order valence-corrected chi connectivity index (χ1v) is 7.09. The van der Waals surface area contributed by atoms with Crippen LogP contribution in [0.4, 0.5) is 0 Å². The van der Waals surface area contributed by atoms with Crippen LogP contribution in [-0.4, -0.2) is 46.4 Å². The lowest BCUT2D eigenvalue weighted by molar-refractivity contribution is -0.130. The molecule has 2 rings (SSSR count).